The Balaban J connectivity index is 0.000000115. The second-order valence-corrected chi connectivity index (χ2v) is 66.8. The first kappa shape index (κ1) is 101. The van der Waals surface area contributed by atoms with Crippen LogP contribution in [0.25, 0.3) is 133 Å². The first-order valence-corrected chi connectivity index (χ1v) is 68.6. The molecule has 8 heteroatoms. The molecule has 4 aromatic heterocycles. The third kappa shape index (κ3) is 20.9. The highest BCUT2D eigenvalue weighted by molar-refractivity contribution is 7.00. The SMILES string of the molecule is Cc1c(-c2c3ccc([Si](C)(C)c4ccccc4)cc3cc[n+]2C)cc(-c2ccccc2)cc1C1CCCC1.Cc1c(-c2c3ccc([Si]4(C)CCC(C)(C)CC4)cc3cc[n+]2C)cc(-c2ccccc2)cc1C1CCCC1.Cc1c(-c2c3ccc([Si]4(C)CCCC4)cc3cc[n+]2C)cc(-c2ccccc2)cc1C1CCCC1.Cc1c(-c2c3ccc([Si]4(C)CCCCC4)cc3cc[n+]2C)cc(-c2ccccc2)cc1C1CCCC1. The summed E-state index contributed by atoms with van der Waals surface area (Å²) < 4.78 is 9.40. The van der Waals surface area contributed by atoms with Crippen molar-refractivity contribution in [3.63, 3.8) is 0 Å². The van der Waals surface area contributed by atoms with Gasteiger partial charge in [0.25, 0.3) is 0 Å². The normalized spacial score (nSPS) is 17.4. The fourth-order valence-corrected chi connectivity index (χ4v) is 42.4. The second kappa shape index (κ2) is 43.1. The molecule has 0 unspecified atom stereocenters. The number of pyridine rings is 4. The number of hydrogen-bond acceptors (Lipinski definition) is 0. The van der Waals surface area contributed by atoms with Crippen LogP contribution in [-0.2, 0) is 28.2 Å². The summed E-state index contributed by atoms with van der Waals surface area (Å²) in [5, 5.41) is 19.0. The molecule has 4 saturated carbocycles. The summed E-state index contributed by atoms with van der Waals surface area (Å²) in [7, 11) is 3.05. The molecule has 0 N–H and O–H groups in total. The number of hydrogen-bond donors (Lipinski definition) is 0. The van der Waals surface area contributed by atoms with Gasteiger partial charge in [0.1, 0.15) is 36.3 Å². The van der Waals surface area contributed by atoms with Gasteiger partial charge in [-0.15, -0.1) is 0 Å². The van der Waals surface area contributed by atoms with Gasteiger partial charge in [0, 0.05) is 24.3 Å². The van der Waals surface area contributed by atoms with Crippen LogP contribution < -0.4 is 44.2 Å². The minimum absolute atomic E-state index is 0.516. The Morgan fingerprint density at radius 1 is 0.245 bits per heavy atom. The molecule has 0 bridgehead atoms. The summed E-state index contributed by atoms with van der Waals surface area (Å²) in [6, 6.07) is 122. The largest absolute Gasteiger partial charge is 0.220 e. The summed E-state index contributed by atoms with van der Waals surface area (Å²) in [6.45, 7) is 27.2. The van der Waals surface area contributed by atoms with Gasteiger partial charge in [-0.1, -0.05) is 430 Å². The second-order valence-electron chi connectivity index (χ2n) is 48.3. The van der Waals surface area contributed by atoms with Crippen LogP contribution >= 0.6 is 0 Å². The van der Waals surface area contributed by atoms with Crippen molar-refractivity contribution in [2.75, 3.05) is 0 Å². The molecule has 13 aromatic carbocycles. The lowest BCUT2D eigenvalue weighted by Gasteiger charge is -2.40. The summed E-state index contributed by atoms with van der Waals surface area (Å²) in [6.07, 6.45) is 40.4. The Kier molecular flexibility index (Phi) is 29.7. The molecule has 748 valence electrons. The molecule has 17 aromatic rings. The summed E-state index contributed by atoms with van der Waals surface area (Å²) in [5.74, 6) is 2.74. The fourth-order valence-electron chi connectivity index (χ4n) is 28.0. The zero-order valence-electron chi connectivity index (χ0n) is 91.2. The van der Waals surface area contributed by atoms with E-state index >= 15 is 0 Å². The monoisotopic (exact) mass is 2000 g/mol. The highest BCUT2D eigenvalue weighted by Crippen LogP contribution is 2.50. The summed E-state index contributed by atoms with van der Waals surface area (Å²) in [4.78, 5) is 0. The molecule has 4 nitrogen and oxygen atoms in total. The van der Waals surface area contributed by atoms with Gasteiger partial charge < -0.3 is 0 Å². The third-order valence-corrected chi connectivity index (χ3v) is 54.8. The van der Waals surface area contributed by atoms with Crippen LogP contribution in [0.15, 0.2) is 322 Å². The third-order valence-electron chi connectivity index (χ3n) is 37.6. The van der Waals surface area contributed by atoms with Gasteiger partial charge in [-0.05, 0) is 267 Å². The Labute approximate surface area is 884 Å². The van der Waals surface area contributed by atoms with Gasteiger partial charge in [-0.3, -0.25) is 0 Å². The average Bonchev–Trinajstić information content (AvgIpc) is 1.27. The van der Waals surface area contributed by atoms with E-state index in [1.165, 1.54) is 349 Å². The quantitative estimate of drug-likeness (QED) is 0.0638. The number of aromatic nitrogens is 4. The lowest BCUT2D eigenvalue weighted by Crippen LogP contribution is -2.52. The lowest BCUT2D eigenvalue weighted by atomic mass is 9.85. The molecule has 0 spiro atoms. The Morgan fingerprint density at radius 2 is 0.490 bits per heavy atom. The van der Waals surface area contributed by atoms with E-state index < -0.39 is 32.3 Å². The zero-order chi connectivity index (χ0) is 101. The van der Waals surface area contributed by atoms with Gasteiger partial charge in [0.05, 0.1) is 68.0 Å². The predicted octanol–water partition coefficient (Wildman–Crippen LogP) is 33.3. The highest BCUT2D eigenvalue weighted by atomic mass is 28.3. The number of benzene rings is 13. The van der Waals surface area contributed by atoms with Gasteiger partial charge in [0.2, 0.25) is 22.8 Å². The van der Waals surface area contributed by atoms with Crippen LogP contribution in [0.2, 0.25) is 69.0 Å². The van der Waals surface area contributed by atoms with Crippen molar-refractivity contribution in [1.29, 1.82) is 0 Å². The van der Waals surface area contributed by atoms with Crippen LogP contribution in [-0.4, -0.2) is 32.3 Å². The van der Waals surface area contributed by atoms with E-state index in [2.05, 4.69) is 443 Å². The van der Waals surface area contributed by atoms with Gasteiger partial charge in [-0.2, -0.15) is 0 Å². The van der Waals surface area contributed by atoms with Gasteiger partial charge >= 0.3 is 0 Å². The van der Waals surface area contributed by atoms with Gasteiger partial charge in [0.15, 0.2) is 24.8 Å². The van der Waals surface area contributed by atoms with E-state index in [-0.39, 0.29) is 0 Å². The molecule has 4 aliphatic carbocycles. The summed E-state index contributed by atoms with van der Waals surface area (Å²) >= 11 is 0. The molecular formula is C139H160N4Si4+4. The van der Waals surface area contributed by atoms with E-state index in [1.54, 1.807) is 37.8 Å². The molecule has 0 radical (unpaired) electrons. The first-order chi connectivity index (χ1) is 71.2. The molecule has 0 amide bonds. The maximum atomic E-state index is 2.63. The predicted molar refractivity (Wildman–Crippen MR) is 640 cm³/mol. The maximum absolute atomic E-state index is 2.63. The number of fused-ring (bicyclic) bond motifs is 4. The minimum Gasteiger partial charge on any atom is -0.200 e. The number of aryl methyl sites for hydroxylation is 4. The standard InChI is InChI=1S/C36H44NSi.C36H38NSi.C34H40NSi.C33H38NSi/c1-26-33(28-13-9-10-14-28)24-30(27-11-7-6-8-12-27)25-34(26)35-32-16-15-31(23-29(32)17-20-37(35)4)38(5)21-18-36(2,3)19-22-38;1-26-34(28-15-11-12-16-28)24-30(27-13-7-5-8-14-27)25-35(26)36-33-20-19-32(23-29(33)21-22-37(36)2)38(3,4)31-17-9-6-10-18-31;1-25-32(27-14-8-9-15-27)23-29(26-12-6-4-7-13-26)24-33(25)34-31-17-16-30(22-28(31)18-19-35(34)2)36(3)20-10-5-11-21-36;1-24-31(26-13-7-8-14-26)22-28(25-11-5-4-6-12-25)23-32(24)33-30-16-15-29(35(3)19-9-10-20-35)21-27(30)17-18-34(33)2/h6-8,11-12,15-17,20,23-25,28H,9-10,13-14,18-19,21-22H2,1-5H3;5-10,13-14,17-25,28H,11-12,15-16H2,1-4H3;4,6-7,12-13,16-19,22-24,27H,5,8-11,14-15,20-21H2,1-3H3;4-6,11-12,15-18,21-23,26H,7-10,13-14,19-20H2,1-3H3/q4*+1. The van der Waals surface area contributed by atoms with Crippen LogP contribution in [0, 0.1) is 33.1 Å². The average molecular weight is 2000 g/mol. The van der Waals surface area contributed by atoms with Crippen molar-refractivity contribution >= 4 is 101 Å². The number of nitrogens with zero attached hydrogens (tertiary/aromatic N) is 4. The van der Waals surface area contributed by atoms with E-state index in [0.717, 1.165) is 0 Å². The molecular weight excluding hydrogens is 1840 g/mol. The highest BCUT2D eigenvalue weighted by Gasteiger charge is 2.41. The molecule has 3 saturated heterocycles. The van der Waals surface area contributed by atoms with Crippen molar-refractivity contribution in [2.45, 2.75) is 282 Å². The fraction of sp³-hybridized carbons (Fsp3) is 0.353. The van der Waals surface area contributed by atoms with E-state index in [1.807, 2.05) is 0 Å². The lowest BCUT2D eigenvalue weighted by molar-refractivity contribution is -0.659. The Hall–Kier alpha value is -11.6. The topological polar surface area (TPSA) is 15.5 Å². The maximum Gasteiger partial charge on any atom is 0.220 e. The van der Waals surface area contributed by atoms with Crippen molar-refractivity contribution in [2.24, 2.45) is 33.6 Å². The summed E-state index contributed by atoms with van der Waals surface area (Å²) in [5.41, 5.74) is 34.3. The zero-order valence-corrected chi connectivity index (χ0v) is 95.2. The van der Waals surface area contributed by atoms with Crippen LogP contribution in [0.4, 0.5) is 0 Å². The Morgan fingerprint density at radius 3 is 0.769 bits per heavy atom. The van der Waals surface area contributed by atoms with Crippen molar-refractivity contribution in [1.82, 2.24) is 0 Å². The molecule has 7 fully saturated rings. The molecule has 0 atom stereocenters. The van der Waals surface area contributed by atoms with E-state index in [4.69, 9.17) is 0 Å². The first-order valence-electron chi connectivity index (χ1n) is 56.8. The number of rotatable bonds is 17. The van der Waals surface area contributed by atoms with Gasteiger partial charge in [-0.25, -0.2) is 18.3 Å². The van der Waals surface area contributed by atoms with Crippen molar-refractivity contribution < 1.29 is 18.3 Å². The van der Waals surface area contributed by atoms with E-state index in [9.17, 15) is 0 Å². The van der Waals surface area contributed by atoms with Crippen LogP contribution in [0.1, 0.15) is 230 Å². The van der Waals surface area contributed by atoms with Crippen LogP contribution in [0.3, 0.4) is 0 Å². The minimum atomic E-state index is -1.78. The molecule has 7 heterocycles. The van der Waals surface area contributed by atoms with Crippen molar-refractivity contribution in [3.05, 3.63) is 367 Å². The molecule has 147 heavy (non-hydrogen) atoms. The van der Waals surface area contributed by atoms with Crippen LogP contribution in [0.5, 0.6) is 0 Å². The Bertz CT molecular complexity index is 7650. The smallest absolute Gasteiger partial charge is 0.200 e. The molecule has 24 rings (SSSR count). The van der Waals surface area contributed by atoms with E-state index in [0.29, 0.717) is 29.1 Å². The van der Waals surface area contributed by atoms with Crippen molar-refractivity contribution in [3.8, 4) is 89.5 Å². The molecule has 7 aliphatic rings. The molecule has 3 aliphatic heterocycles.